The van der Waals surface area contributed by atoms with Crippen LogP contribution in [0.2, 0.25) is 0 Å². The van der Waals surface area contributed by atoms with Gasteiger partial charge in [0.2, 0.25) is 0 Å². The molecule has 0 bridgehead atoms. The van der Waals surface area contributed by atoms with E-state index in [1.54, 1.807) is 24.3 Å². The van der Waals surface area contributed by atoms with Crippen molar-refractivity contribution >= 4 is 50.4 Å². The summed E-state index contributed by atoms with van der Waals surface area (Å²) in [6.07, 6.45) is 0.244. The molecule has 0 heterocycles. The molecule has 2 aromatic rings. The minimum Gasteiger partial charge on any atom is -0.480 e. The zero-order chi connectivity index (χ0) is 16.1. The third-order valence-electron chi connectivity index (χ3n) is 3.07. The van der Waals surface area contributed by atoms with Crippen LogP contribution in [0, 0.1) is 3.57 Å². The fraction of sp³-hybridized carbons (Fsp3) is 0.125. The molecule has 114 valence electrons. The van der Waals surface area contributed by atoms with Crippen LogP contribution in [0.3, 0.4) is 0 Å². The molecule has 2 N–H and O–H groups in total. The number of halogens is 2. The van der Waals surface area contributed by atoms with Gasteiger partial charge in [0, 0.05) is 20.0 Å². The molecule has 0 aliphatic heterocycles. The Morgan fingerprint density at radius 2 is 1.91 bits per heavy atom. The third kappa shape index (κ3) is 4.54. The molecule has 0 fully saturated rings. The fourth-order valence-electron chi connectivity index (χ4n) is 1.96. The van der Waals surface area contributed by atoms with E-state index < -0.39 is 17.9 Å². The van der Waals surface area contributed by atoms with Crippen molar-refractivity contribution in [2.45, 2.75) is 12.5 Å². The summed E-state index contributed by atoms with van der Waals surface area (Å²) in [4.78, 5) is 23.6. The number of carbonyl (C=O) groups excluding carboxylic acids is 1. The molecule has 0 aliphatic carbocycles. The molecule has 22 heavy (non-hydrogen) atoms. The molecular weight excluding hydrogens is 461 g/mol. The number of carboxylic acids is 1. The van der Waals surface area contributed by atoms with Crippen LogP contribution >= 0.6 is 38.5 Å². The molecule has 0 saturated carbocycles. The van der Waals surface area contributed by atoms with Crippen LogP contribution in [0.25, 0.3) is 0 Å². The van der Waals surface area contributed by atoms with E-state index in [0.29, 0.717) is 5.56 Å². The summed E-state index contributed by atoms with van der Waals surface area (Å²) in [6, 6.07) is 13.4. The lowest BCUT2D eigenvalue weighted by Crippen LogP contribution is -2.42. The molecule has 0 spiro atoms. The zero-order valence-electron chi connectivity index (χ0n) is 11.4. The van der Waals surface area contributed by atoms with Crippen LogP contribution in [-0.2, 0) is 11.2 Å². The van der Waals surface area contributed by atoms with Gasteiger partial charge in [-0.1, -0.05) is 40.2 Å². The topological polar surface area (TPSA) is 66.4 Å². The normalized spacial score (nSPS) is 11.7. The lowest BCUT2D eigenvalue weighted by atomic mass is 10.1. The number of hydrogen-bond acceptors (Lipinski definition) is 2. The molecule has 0 saturated heterocycles. The molecule has 0 radical (unpaired) electrons. The Morgan fingerprint density at radius 3 is 2.55 bits per heavy atom. The van der Waals surface area contributed by atoms with E-state index in [9.17, 15) is 14.7 Å². The van der Waals surface area contributed by atoms with Crippen molar-refractivity contribution in [3.63, 3.8) is 0 Å². The lowest BCUT2D eigenvalue weighted by Gasteiger charge is -2.15. The number of hydrogen-bond donors (Lipinski definition) is 2. The highest BCUT2D eigenvalue weighted by Gasteiger charge is 2.22. The van der Waals surface area contributed by atoms with E-state index in [4.69, 9.17) is 0 Å². The lowest BCUT2D eigenvalue weighted by molar-refractivity contribution is -0.139. The Kier molecular flexibility index (Phi) is 5.96. The summed E-state index contributed by atoms with van der Waals surface area (Å²) in [7, 11) is 0. The van der Waals surface area contributed by atoms with Crippen LogP contribution in [-0.4, -0.2) is 23.0 Å². The van der Waals surface area contributed by atoms with E-state index in [-0.39, 0.29) is 6.42 Å². The van der Waals surface area contributed by atoms with Crippen LogP contribution in [0.1, 0.15) is 15.9 Å². The highest BCUT2D eigenvalue weighted by Crippen LogP contribution is 2.15. The summed E-state index contributed by atoms with van der Waals surface area (Å²) < 4.78 is 1.74. The quantitative estimate of drug-likeness (QED) is 0.653. The van der Waals surface area contributed by atoms with E-state index in [1.165, 1.54) is 0 Å². The highest BCUT2D eigenvalue weighted by atomic mass is 127. The predicted molar refractivity (Wildman–Crippen MR) is 95.9 cm³/mol. The number of carbonyl (C=O) groups is 2. The summed E-state index contributed by atoms with van der Waals surface area (Å²) in [5.74, 6) is -1.46. The second kappa shape index (κ2) is 7.73. The van der Waals surface area contributed by atoms with Crippen LogP contribution in [0.4, 0.5) is 0 Å². The van der Waals surface area contributed by atoms with Gasteiger partial charge in [0.1, 0.15) is 6.04 Å². The summed E-state index contributed by atoms with van der Waals surface area (Å²) in [5.41, 5.74) is 1.31. The number of amides is 1. The first-order valence-electron chi connectivity index (χ1n) is 6.50. The van der Waals surface area contributed by atoms with Crippen LogP contribution in [0.15, 0.2) is 53.0 Å². The maximum absolute atomic E-state index is 12.2. The van der Waals surface area contributed by atoms with Crippen molar-refractivity contribution in [2.24, 2.45) is 0 Å². The molecule has 0 aromatic heterocycles. The second-order valence-corrected chi connectivity index (χ2v) is 6.75. The van der Waals surface area contributed by atoms with Crippen molar-refractivity contribution in [1.29, 1.82) is 0 Å². The minimum absolute atomic E-state index is 0.244. The average Bonchev–Trinajstić information content (AvgIpc) is 2.48. The maximum atomic E-state index is 12.2. The van der Waals surface area contributed by atoms with Crippen molar-refractivity contribution < 1.29 is 14.7 Å². The smallest absolute Gasteiger partial charge is 0.326 e. The SMILES string of the molecule is O=C(N[C@H](Cc1ccccc1I)C(=O)O)c1cccc(Br)c1. The second-order valence-electron chi connectivity index (χ2n) is 4.67. The van der Waals surface area contributed by atoms with Gasteiger partial charge in [-0.2, -0.15) is 0 Å². The Balaban J connectivity index is 2.14. The Bertz CT molecular complexity index is 705. The number of rotatable bonds is 5. The van der Waals surface area contributed by atoms with Gasteiger partial charge in [0.25, 0.3) is 5.91 Å². The zero-order valence-corrected chi connectivity index (χ0v) is 15.2. The third-order valence-corrected chi connectivity index (χ3v) is 4.62. The fourth-order valence-corrected chi connectivity index (χ4v) is 2.96. The molecule has 1 amide bonds. The van der Waals surface area contributed by atoms with E-state index in [2.05, 4.69) is 43.8 Å². The monoisotopic (exact) mass is 473 g/mol. The maximum Gasteiger partial charge on any atom is 0.326 e. The summed E-state index contributed by atoms with van der Waals surface area (Å²) in [6.45, 7) is 0. The van der Waals surface area contributed by atoms with Gasteiger partial charge in [-0.25, -0.2) is 4.79 Å². The van der Waals surface area contributed by atoms with Crippen LogP contribution < -0.4 is 5.32 Å². The van der Waals surface area contributed by atoms with Gasteiger partial charge in [-0.05, 0) is 52.4 Å². The average molecular weight is 474 g/mol. The molecule has 0 aliphatic rings. The van der Waals surface area contributed by atoms with Crippen molar-refractivity contribution in [3.05, 3.63) is 67.7 Å². The first kappa shape index (κ1) is 17.0. The first-order valence-corrected chi connectivity index (χ1v) is 8.37. The Morgan fingerprint density at radius 1 is 1.18 bits per heavy atom. The van der Waals surface area contributed by atoms with Gasteiger partial charge < -0.3 is 10.4 Å². The molecule has 1 atom stereocenters. The van der Waals surface area contributed by atoms with E-state index >= 15 is 0 Å². The van der Waals surface area contributed by atoms with Gasteiger partial charge in [0.05, 0.1) is 0 Å². The van der Waals surface area contributed by atoms with Gasteiger partial charge in [-0.15, -0.1) is 0 Å². The Hall–Kier alpha value is -1.41. The standard InChI is InChI=1S/C16H13BrINO3/c17-12-6-3-5-11(8-12)15(20)19-14(16(21)22)9-10-4-1-2-7-13(10)18/h1-8,14H,9H2,(H,19,20)(H,21,22)/t14-/m1/s1. The van der Waals surface area contributed by atoms with E-state index in [0.717, 1.165) is 13.6 Å². The summed E-state index contributed by atoms with van der Waals surface area (Å²) >= 11 is 5.45. The first-order chi connectivity index (χ1) is 10.5. The van der Waals surface area contributed by atoms with E-state index in [1.807, 2.05) is 24.3 Å². The van der Waals surface area contributed by atoms with Gasteiger partial charge in [0.15, 0.2) is 0 Å². The molecule has 2 aromatic carbocycles. The van der Waals surface area contributed by atoms with Gasteiger partial charge >= 0.3 is 5.97 Å². The number of nitrogens with one attached hydrogen (secondary N) is 1. The Labute approximate surface area is 150 Å². The molecule has 6 heteroatoms. The largest absolute Gasteiger partial charge is 0.480 e. The van der Waals surface area contributed by atoms with Crippen molar-refractivity contribution in [2.75, 3.05) is 0 Å². The minimum atomic E-state index is -1.05. The van der Waals surface area contributed by atoms with Crippen molar-refractivity contribution in [3.8, 4) is 0 Å². The number of aliphatic carboxylic acids is 1. The summed E-state index contributed by atoms with van der Waals surface area (Å²) in [5, 5.41) is 11.9. The highest BCUT2D eigenvalue weighted by molar-refractivity contribution is 14.1. The number of benzene rings is 2. The van der Waals surface area contributed by atoms with Crippen molar-refractivity contribution in [1.82, 2.24) is 5.32 Å². The van der Waals surface area contributed by atoms with Gasteiger partial charge in [-0.3, -0.25) is 4.79 Å². The predicted octanol–water partition coefficient (Wildman–Crippen LogP) is 3.48. The molecular formula is C16H13BrINO3. The van der Waals surface area contributed by atoms with Crippen LogP contribution in [0.5, 0.6) is 0 Å². The number of carboxylic acid groups (broad SMARTS) is 1. The molecule has 0 unspecified atom stereocenters. The molecule has 2 rings (SSSR count). The molecule has 4 nitrogen and oxygen atoms in total.